The first-order chi connectivity index (χ1) is 8.45. The lowest BCUT2D eigenvalue weighted by molar-refractivity contribution is -0.0690. The van der Waals surface area contributed by atoms with Gasteiger partial charge in [-0.25, -0.2) is 0 Å². The van der Waals surface area contributed by atoms with Crippen molar-refractivity contribution in [3.05, 3.63) is 11.9 Å². The summed E-state index contributed by atoms with van der Waals surface area (Å²) in [4.78, 5) is 11.9. The SMILES string of the molecule is CC1(C)C(O)CC1NC(=O)c1cn(CCN)nn1. The Morgan fingerprint density at radius 2 is 2.44 bits per heavy atom. The molecule has 2 unspecified atom stereocenters. The van der Waals surface area contributed by atoms with E-state index < -0.39 is 0 Å². The minimum absolute atomic E-state index is 0.0281. The minimum atomic E-state index is -0.365. The number of nitrogens with zero attached hydrogens (tertiary/aromatic N) is 3. The largest absolute Gasteiger partial charge is 0.392 e. The molecule has 1 aromatic rings. The summed E-state index contributed by atoms with van der Waals surface area (Å²) >= 11 is 0. The lowest BCUT2D eigenvalue weighted by Crippen LogP contribution is -2.61. The van der Waals surface area contributed by atoms with Crippen LogP contribution in [0.1, 0.15) is 30.8 Å². The van der Waals surface area contributed by atoms with E-state index in [-0.39, 0.29) is 29.2 Å². The lowest BCUT2D eigenvalue weighted by atomic mass is 9.64. The highest BCUT2D eigenvalue weighted by atomic mass is 16.3. The Labute approximate surface area is 105 Å². The van der Waals surface area contributed by atoms with Gasteiger partial charge in [-0.15, -0.1) is 5.10 Å². The zero-order valence-corrected chi connectivity index (χ0v) is 10.6. The summed E-state index contributed by atoms with van der Waals surface area (Å²) in [5.41, 5.74) is 5.38. The van der Waals surface area contributed by atoms with Crippen LogP contribution in [0, 0.1) is 5.41 Å². The van der Waals surface area contributed by atoms with E-state index in [4.69, 9.17) is 5.73 Å². The smallest absolute Gasteiger partial charge is 0.273 e. The summed E-state index contributed by atoms with van der Waals surface area (Å²) in [7, 11) is 0. The van der Waals surface area contributed by atoms with Gasteiger partial charge in [0.05, 0.1) is 18.8 Å². The molecule has 0 saturated heterocycles. The predicted octanol–water partition coefficient (Wildman–Crippen LogP) is -0.874. The summed E-state index contributed by atoms with van der Waals surface area (Å²) in [6.07, 6.45) is 1.79. The average molecular weight is 253 g/mol. The Hall–Kier alpha value is -1.47. The summed E-state index contributed by atoms with van der Waals surface area (Å²) in [5.74, 6) is -0.261. The Kier molecular flexibility index (Phi) is 3.36. The molecule has 2 rings (SSSR count). The van der Waals surface area contributed by atoms with Crippen LogP contribution >= 0.6 is 0 Å². The highest BCUT2D eigenvalue weighted by Crippen LogP contribution is 2.40. The summed E-state index contributed by atoms with van der Waals surface area (Å²) in [6.45, 7) is 4.84. The normalized spacial score (nSPS) is 25.6. The van der Waals surface area contributed by atoms with Crippen LogP contribution in [0.25, 0.3) is 0 Å². The van der Waals surface area contributed by atoms with Crippen molar-refractivity contribution >= 4 is 5.91 Å². The number of hydrogen-bond donors (Lipinski definition) is 3. The molecule has 0 aliphatic heterocycles. The second kappa shape index (κ2) is 4.66. The maximum absolute atomic E-state index is 11.9. The van der Waals surface area contributed by atoms with E-state index in [9.17, 15) is 9.90 Å². The third-order valence-corrected chi connectivity index (χ3v) is 3.65. The fourth-order valence-electron chi connectivity index (χ4n) is 2.02. The molecule has 1 aliphatic carbocycles. The van der Waals surface area contributed by atoms with Gasteiger partial charge in [0.2, 0.25) is 0 Å². The number of aromatic nitrogens is 3. The molecule has 18 heavy (non-hydrogen) atoms. The molecule has 0 radical (unpaired) electrons. The van der Waals surface area contributed by atoms with Crippen molar-refractivity contribution in [2.45, 2.75) is 39.0 Å². The molecule has 1 aliphatic rings. The molecule has 0 bridgehead atoms. The molecule has 0 aromatic carbocycles. The van der Waals surface area contributed by atoms with Crippen molar-refractivity contribution in [2.24, 2.45) is 11.1 Å². The molecule has 100 valence electrons. The van der Waals surface area contributed by atoms with Gasteiger partial charge in [-0.3, -0.25) is 9.48 Å². The van der Waals surface area contributed by atoms with Gasteiger partial charge in [-0.05, 0) is 6.42 Å². The van der Waals surface area contributed by atoms with Crippen molar-refractivity contribution in [2.75, 3.05) is 6.54 Å². The standard InChI is InChI=1S/C11H19N5O2/c1-11(2)8(5-9(11)17)13-10(18)7-6-16(4-3-12)15-14-7/h6,8-9,17H,3-5,12H2,1-2H3,(H,13,18). The molecule has 1 aromatic heterocycles. The van der Waals surface area contributed by atoms with E-state index in [0.29, 0.717) is 19.5 Å². The Morgan fingerprint density at radius 1 is 1.72 bits per heavy atom. The Morgan fingerprint density at radius 3 is 3.00 bits per heavy atom. The number of carbonyl (C=O) groups excluding carboxylic acids is 1. The van der Waals surface area contributed by atoms with Crippen LogP contribution in [0.3, 0.4) is 0 Å². The van der Waals surface area contributed by atoms with Gasteiger partial charge in [-0.2, -0.15) is 0 Å². The number of aliphatic hydroxyl groups is 1. The van der Waals surface area contributed by atoms with Gasteiger partial charge in [0.15, 0.2) is 5.69 Å². The number of hydrogen-bond acceptors (Lipinski definition) is 5. The molecule has 4 N–H and O–H groups in total. The van der Waals surface area contributed by atoms with Gasteiger partial charge >= 0.3 is 0 Å². The van der Waals surface area contributed by atoms with Crippen molar-refractivity contribution in [3.63, 3.8) is 0 Å². The molecule has 7 heteroatoms. The first kappa shape index (κ1) is 13.0. The topological polar surface area (TPSA) is 106 Å². The van der Waals surface area contributed by atoms with E-state index in [1.165, 1.54) is 4.68 Å². The monoisotopic (exact) mass is 253 g/mol. The van der Waals surface area contributed by atoms with Gasteiger partial charge < -0.3 is 16.2 Å². The van der Waals surface area contributed by atoms with Crippen LogP contribution < -0.4 is 11.1 Å². The molecular weight excluding hydrogens is 234 g/mol. The van der Waals surface area contributed by atoms with E-state index in [2.05, 4.69) is 15.6 Å². The Balaban J connectivity index is 1.96. The number of rotatable bonds is 4. The first-order valence-corrected chi connectivity index (χ1v) is 6.04. The van der Waals surface area contributed by atoms with Gasteiger partial charge in [0.1, 0.15) is 0 Å². The number of nitrogens with one attached hydrogen (secondary N) is 1. The minimum Gasteiger partial charge on any atom is -0.392 e. The number of nitrogens with two attached hydrogens (primary N) is 1. The summed E-state index contributed by atoms with van der Waals surface area (Å²) in [5, 5.41) is 20.1. The first-order valence-electron chi connectivity index (χ1n) is 6.04. The zero-order valence-electron chi connectivity index (χ0n) is 10.6. The van der Waals surface area contributed by atoms with Crippen molar-refractivity contribution in [3.8, 4) is 0 Å². The molecule has 1 saturated carbocycles. The summed E-state index contributed by atoms with van der Waals surface area (Å²) in [6, 6.07) is -0.0281. The van der Waals surface area contributed by atoms with Crippen LogP contribution in [0.15, 0.2) is 6.20 Å². The predicted molar refractivity (Wildman–Crippen MR) is 64.7 cm³/mol. The third kappa shape index (κ3) is 2.23. The van der Waals surface area contributed by atoms with Crippen LogP contribution in [-0.4, -0.2) is 44.7 Å². The average Bonchev–Trinajstić information content (AvgIpc) is 2.78. The quantitative estimate of drug-likeness (QED) is 0.646. The second-order valence-electron chi connectivity index (χ2n) is 5.25. The number of amides is 1. The van der Waals surface area contributed by atoms with Crippen LogP contribution in [-0.2, 0) is 6.54 Å². The van der Waals surface area contributed by atoms with Crippen LogP contribution in [0.2, 0.25) is 0 Å². The molecule has 1 amide bonds. The number of carbonyl (C=O) groups is 1. The van der Waals surface area contributed by atoms with Crippen LogP contribution in [0.4, 0.5) is 0 Å². The van der Waals surface area contributed by atoms with Crippen LogP contribution in [0.5, 0.6) is 0 Å². The molecule has 7 nitrogen and oxygen atoms in total. The fourth-order valence-corrected chi connectivity index (χ4v) is 2.02. The molecule has 1 fully saturated rings. The lowest BCUT2D eigenvalue weighted by Gasteiger charge is -2.49. The molecule has 0 spiro atoms. The highest BCUT2D eigenvalue weighted by Gasteiger charge is 2.48. The van der Waals surface area contributed by atoms with Crippen molar-refractivity contribution in [1.29, 1.82) is 0 Å². The molecule has 1 heterocycles. The van der Waals surface area contributed by atoms with Crippen molar-refractivity contribution < 1.29 is 9.90 Å². The second-order valence-corrected chi connectivity index (χ2v) is 5.25. The van der Waals surface area contributed by atoms with Gasteiger partial charge in [-0.1, -0.05) is 19.1 Å². The maximum atomic E-state index is 11.9. The van der Waals surface area contributed by atoms with E-state index >= 15 is 0 Å². The van der Waals surface area contributed by atoms with Crippen molar-refractivity contribution in [1.82, 2.24) is 20.3 Å². The van der Waals surface area contributed by atoms with Gasteiger partial charge in [0.25, 0.3) is 5.91 Å². The maximum Gasteiger partial charge on any atom is 0.273 e. The third-order valence-electron chi connectivity index (χ3n) is 3.65. The zero-order chi connectivity index (χ0) is 13.3. The van der Waals surface area contributed by atoms with Gasteiger partial charge in [0, 0.05) is 18.0 Å². The Bertz CT molecular complexity index is 442. The summed E-state index contributed by atoms with van der Waals surface area (Å²) < 4.78 is 1.54. The number of aliphatic hydroxyl groups excluding tert-OH is 1. The van der Waals surface area contributed by atoms with E-state index in [0.717, 1.165) is 0 Å². The fraction of sp³-hybridized carbons (Fsp3) is 0.727. The van der Waals surface area contributed by atoms with E-state index in [1.807, 2.05) is 13.8 Å². The molecular formula is C11H19N5O2. The molecule has 2 atom stereocenters. The highest BCUT2D eigenvalue weighted by molar-refractivity contribution is 5.92. The van der Waals surface area contributed by atoms with E-state index in [1.54, 1.807) is 6.20 Å².